The zero-order chi connectivity index (χ0) is 13.2. The summed E-state index contributed by atoms with van der Waals surface area (Å²) < 4.78 is 0.915. The number of hydrogen-bond donors (Lipinski definition) is 0. The van der Waals surface area contributed by atoms with Crippen LogP contribution in [0.5, 0.6) is 0 Å². The van der Waals surface area contributed by atoms with Gasteiger partial charge in [0.1, 0.15) is 0 Å². The number of hydrogen-bond acceptors (Lipinski definition) is 2. The second-order valence-corrected chi connectivity index (χ2v) is 6.63. The van der Waals surface area contributed by atoms with Crippen molar-refractivity contribution in [1.82, 2.24) is 0 Å². The largest absolute Gasteiger partial charge is 0.368 e. The van der Waals surface area contributed by atoms with Crippen LogP contribution >= 0.6 is 15.9 Å². The lowest BCUT2D eigenvalue weighted by Crippen LogP contribution is -2.46. The minimum atomic E-state index is 0.719. The number of anilines is 1. The fourth-order valence-electron chi connectivity index (χ4n) is 3.74. The van der Waals surface area contributed by atoms with Crippen LogP contribution in [0.4, 0.5) is 5.69 Å². The van der Waals surface area contributed by atoms with Gasteiger partial charge in [-0.15, -0.1) is 0 Å². The van der Waals surface area contributed by atoms with Crippen molar-refractivity contribution in [3.63, 3.8) is 0 Å². The van der Waals surface area contributed by atoms with Crippen molar-refractivity contribution in [1.29, 1.82) is 0 Å². The molecule has 1 aliphatic heterocycles. The Morgan fingerprint density at radius 1 is 1.16 bits per heavy atom. The number of nitrogens with zero attached hydrogens (tertiary/aromatic N) is 1. The third-order valence-corrected chi connectivity index (χ3v) is 5.37. The Morgan fingerprint density at radius 2 is 1.95 bits per heavy atom. The van der Waals surface area contributed by atoms with E-state index in [0.29, 0.717) is 0 Å². The molecule has 0 unspecified atom stereocenters. The van der Waals surface area contributed by atoms with Crippen LogP contribution in [-0.4, -0.2) is 18.9 Å². The van der Waals surface area contributed by atoms with Crippen LogP contribution in [0, 0.1) is 5.92 Å². The van der Waals surface area contributed by atoms with Gasteiger partial charge in [-0.25, -0.2) is 0 Å². The molecule has 0 bridgehead atoms. The highest BCUT2D eigenvalue weighted by molar-refractivity contribution is 9.10. The summed E-state index contributed by atoms with van der Waals surface area (Å²) in [5.41, 5.74) is 2.01. The van der Waals surface area contributed by atoms with Gasteiger partial charge in [0.2, 0.25) is 0 Å². The first-order valence-corrected chi connectivity index (χ1v) is 8.10. The van der Waals surface area contributed by atoms with Crippen LogP contribution in [0.15, 0.2) is 22.7 Å². The molecule has 102 valence electrons. The second-order valence-electron chi connectivity index (χ2n) is 5.77. The summed E-state index contributed by atoms with van der Waals surface area (Å²) in [6.07, 6.45) is 9.11. The van der Waals surface area contributed by atoms with E-state index in [9.17, 15) is 4.79 Å². The Morgan fingerprint density at radius 3 is 2.74 bits per heavy atom. The lowest BCUT2D eigenvalue weighted by Gasteiger charge is -2.45. The van der Waals surface area contributed by atoms with E-state index in [-0.39, 0.29) is 0 Å². The van der Waals surface area contributed by atoms with Gasteiger partial charge in [-0.1, -0.05) is 12.8 Å². The number of benzene rings is 1. The van der Waals surface area contributed by atoms with Gasteiger partial charge in [0.15, 0.2) is 6.29 Å². The maximum Gasteiger partial charge on any atom is 0.151 e. The average molecular weight is 322 g/mol. The van der Waals surface area contributed by atoms with Crippen LogP contribution in [0.1, 0.15) is 48.9 Å². The number of halogens is 1. The monoisotopic (exact) mass is 321 g/mol. The Labute approximate surface area is 123 Å². The van der Waals surface area contributed by atoms with E-state index in [1.807, 2.05) is 6.07 Å². The Kier molecular flexibility index (Phi) is 3.92. The van der Waals surface area contributed by atoms with Gasteiger partial charge in [-0.05, 0) is 65.7 Å². The smallest absolute Gasteiger partial charge is 0.151 e. The molecule has 1 saturated carbocycles. The molecule has 19 heavy (non-hydrogen) atoms. The number of carbonyl (C=O) groups is 1. The molecule has 0 aromatic heterocycles. The number of aldehydes is 1. The minimum Gasteiger partial charge on any atom is -0.368 e. The van der Waals surface area contributed by atoms with Crippen molar-refractivity contribution in [3.05, 3.63) is 28.2 Å². The lowest BCUT2D eigenvalue weighted by atomic mass is 9.78. The predicted octanol–water partition coefficient (Wildman–Crippen LogP) is 4.42. The van der Waals surface area contributed by atoms with E-state index in [1.165, 1.54) is 44.2 Å². The summed E-state index contributed by atoms with van der Waals surface area (Å²) >= 11 is 3.50. The molecular weight excluding hydrogens is 302 g/mol. The van der Waals surface area contributed by atoms with E-state index >= 15 is 0 Å². The maximum absolute atomic E-state index is 10.9. The van der Waals surface area contributed by atoms with Gasteiger partial charge in [0, 0.05) is 28.3 Å². The van der Waals surface area contributed by atoms with E-state index < -0.39 is 0 Å². The van der Waals surface area contributed by atoms with Crippen molar-refractivity contribution < 1.29 is 4.79 Å². The third-order valence-electron chi connectivity index (χ3n) is 4.69. The standard InChI is InChI=1S/C16H20BrNO/c17-15-10-14(8-7-13(15)11-19)18-9-3-5-12-4-1-2-6-16(12)18/h7-8,10-12,16H,1-6,9H2/t12-,16-/m1/s1. The lowest BCUT2D eigenvalue weighted by molar-refractivity contribution is 0.112. The number of fused-ring (bicyclic) bond motifs is 1. The zero-order valence-corrected chi connectivity index (χ0v) is 12.7. The molecule has 0 amide bonds. The Balaban J connectivity index is 1.87. The van der Waals surface area contributed by atoms with E-state index in [2.05, 4.69) is 33.0 Å². The Hall–Kier alpha value is -0.830. The first kappa shape index (κ1) is 13.2. The van der Waals surface area contributed by atoms with Gasteiger partial charge >= 0.3 is 0 Å². The third kappa shape index (κ3) is 2.58. The van der Waals surface area contributed by atoms with Gasteiger partial charge in [0.05, 0.1) is 0 Å². The van der Waals surface area contributed by atoms with Crippen LogP contribution in [0.25, 0.3) is 0 Å². The van der Waals surface area contributed by atoms with Gasteiger partial charge in [-0.3, -0.25) is 4.79 Å². The molecule has 2 nitrogen and oxygen atoms in total. The van der Waals surface area contributed by atoms with Crippen LogP contribution in [0.3, 0.4) is 0 Å². The van der Waals surface area contributed by atoms with Crippen LogP contribution < -0.4 is 4.90 Å². The summed E-state index contributed by atoms with van der Waals surface area (Å²) in [6.45, 7) is 1.16. The number of carbonyl (C=O) groups excluding carboxylic acids is 1. The zero-order valence-electron chi connectivity index (χ0n) is 11.1. The molecule has 0 radical (unpaired) electrons. The molecule has 2 atom stereocenters. The molecule has 1 saturated heterocycles. The number of piperidine rings is 1. The van der Waals surface area contributed by atoms with Gasteiger partial charge in [-0.2, -0.15) is 0 Å². The molecule has 3 rings (SSSR count). The molecule has 0 N–H and O–H groups in total. The fraction of sp³-hybridized carbons (Fsp3) is 0.562. The molecule has 1 heterocycles. The molecule has 1 aromatic carbocycles. The van der Waals surface area contributed by atoms with E-state index in [4.69, 9.17) is 0 Å². The molecule has 1 aromatic rings. The first-order valence-electron chi connectivity index (χ1n) is 7.31. The van der Waals surface area contributed by atoms with Crippen molar-refractivity contribution in [2.75, 3.05) is 11.4 Å². The Bertz CT molecular complexity index is 472. The second kappa shape index (κ2) is 5.66. The highest BCUT2D eigenvalue weighted by Gasteiger charge is 2.33. The topological polar surface area (TPSA) is 20.3 Å². The molecular formula is C16H20BrNO. The molecule has 1 aliphatic carbocycles. The van der Waals surface area contributed by atoms with Crippen LogP contribution in [-0.2, 0) is 0 Å². The summed E-state index contributed by atoms with van der Waals surface area (Å²) in [6, 6.07) is 6.86. The average Bonchev–Trinajstić information content (AvgIpc) is 2.46. The summed E-state index contributed by atoms with van der Waals surface area (Å²) in [5, 5.41) is 0. The number of rotatable bonds is 2. The fourth-order valence-corrected chi connectivity index (χ4v) is 4.20. The van der Waals surface area contributed by atoms with Gasteiger partial charge in [0.25, 0.3) is 0 Å². The van der Waals surface area contributed by atoms with Crippen molar-refractivity contribution in [3.8, 4) is 0 Å². The SMILES string of the molecule is O=Cc1ccc(N2CCC[C@H]3CCCC[C@H]32)cc1Br. The van der Waals surface area contributed by atoms with Crippen molar-refractivity contribution >= 4 is 27.9 Å². The van der Waals surface area contributed by atoms with E-state index in [0.717, 1.165) is 34.8 Å². The molecule has 3 heteroatoms. The highest BCUT2D eigenvalue weighted by Crippen LogP contribution is 2.38. The highest BCUT2D eigenvalue weighted by atomic mass is 79.9. The summed E-state index contributed by atoms with van der Waals surface area (Å²) in [5.74, 6) is 0.882. The first-order chi connectivity index (χ1) is 9.29. The molecule has 0 spiro atoms. The molecule has 2 aliphatic rings. The summed E-state index contributed by atoms with van der Waals surface area (Å²) in [7, 11) is 0. The predicted molar refractivity (Wildman–Crippen MR) is 81.9 cm³/mol. The van der Waals surface area contributed by atoms with Gasteiger partial charge < -0.3 is 4.90 Å². The van der Waals surface area contributed by atoms with Crippen molar-refractivity contribution in [2.45, 2.75) is 44.6 Å². The quantitative estimate of drug-likeness (QED) is 0.751. The maximum atomic E-state index is 10.9. The van der Waals surface area contributed by atoms with Crippen LogP contribution in [0.2, 0.25) is 0 Å². The normalized spacial score (nSPS) is 26.9. The summed E-state index contributed by atoms with van der Waals surface area (Å²) in [4.78, 5) is 13.5. The van der Waals surface area contributed by atoms with Crippen molar-refractivity contribution in [2.24, 2.45) is 5.92 Å². The minimum absolute atomic E-state index is 0.719. The molecule has 2 fully saturated rings. The van der Waals surface area contributed by atoms with E-state index in [1.54, 1.807) is 0 Å².